The van der Waals surface area contributed by atoms with Crippen LogP contribution >= 0.6 is 11.3 Å². The molecule has 1 aromatic rings. The molecule has 18 heavy (non-hydrogen) atoms. The highest BCUT2D eigenvalue weighted by Gasteiger charge is 2.23. The van der Waals surface area contributed by atoms with E-state index in [0.29, 0.717) is 12.6 Å². The van der Waals surface area contributed by atoms with Gasteiger partial charge in [-0.1, -0.05) is 27.7 Å². The van der Waals surface area contributed by atoms with Gasteiger partial charge in [0.15, 0.2) is 0 Å². The second-order valence-corrected chi connectivity index (χ2v) is 6.92. The van der Waals surface area contributed by atoms with Crippen LogP contribution in [0.25, 0.3) is 0 Å². The van der Waals surface area contributed by atoms with Crippen LogP contribution in [0.5, 0.6) is 0 Å². The lowest BCUT2D eigenvalue weighted by Crippen LogP contribution is -2.25. The zero-order chi connectivity index (χ0) is 13.8. The number of thiazole rings is 1. The number of aromatic nitrogens is 1. The number of methoxy groups -OCH3 is 1. The number of hydrogen-bond donors (Lipinski definition) is 1. The van der Waals surface area contributed by atoms with Crippen LogP contribution in [0.1, 0.15) is 56.6 Å². The van der Waals surface area contributed by atoms with Crippen LogP contribution in [0.2, 0.25) is 0 Å². The Balaban J connectivity index is 2.86. The average Bonchev–Trinajstić information content (AvgIpc) is 2.69. The van der Waals surface area contributed by atoms with Crippen LogP contribution in [0.15, 0.2) is 0 Å². The van der Waals surface area contributed by atoms with Gasteiger partial charge in [-0.25, -0.2) is 4.98 Å². The summed E-state index contributed by atoms with van der Waals surface area (Å²) >= 11 is 1.76. The first kappa shape index (κ1) is 15.6. The zero-order valence-electron chi connectivity index (χ0n) is 12.5. The van der Waals surface area contributed by atoms with E-state index in [2.05, 4.69) is 39.9 Å². The summed E-state index contributed by atoms with van der Waals surface area (Å²) in [6.07, 6.45) is 1.15. The Morgan fingerprint density at radius 3 is 2.56 bits per heavy atom. The first-order valence-electron chi connectivity index (χ1n) is 6.59. The summed E-state index contributed by atoms with van der Waals surface area (Å²) in [6, 6.07) is 0.547. The van der Waals surface area contributed by atoms with Crippen LogP contribution in [-0.4, -0.2) is 18.1 Å². The lowest BCUT2D eigenvalue weighted by Gasteiger charge is -2.18. The summed E-state index contributed by atoms with van der Waals surface area (Å²) in [4.78, 5) is 6.07. The fourth-order valence-electron chi connectivity index (χ4n) is 1.70. The summed E-state index contributed by atoms with van der Waals surface area (Å²) in [6.45, 7) is 12.6. The largest absolute Gasteiger partial charge is 0.378 e. The van der Waals surface area contributed by atoms with E-state index in [4.69, 9.17) is 9.72 Å². The molecule has 1 atom stereocenters. The van der Waals surface area contributed by atoms with Gasteiger partial charge in [0.2, 0.25) is 0 Å². The van der Waals surface area contributed by atoms with Gasteiger partial charge < -0.3 is 10.1 Å². The van der Waals surface area contributed by atoms with Crippen molar-refractivity contribution in [1.82, 2.24) is 10.3 Å². The lowest BCUT2D eigenvalue weighted by atomic mass is 9.91. The Labute approximate surface area is 115 Å². The van der Waals surface area contributed by atoms with Crippen LogP contribution in [-0.2, 0) is 23.3 Å². The van der Waals surface area contributed by atoms with Crippen LogP contribution < -0.4 is 5.32 Å². The highest BCUT2D eigenvalue weighted by atomic mass is 32.1. The smallest absolute Gasteiger partial charge is 0.119 e. The molecule has 1 rings (SSSR count). The van der Waals surface area contributed by atoms with Crippen molar-refractivity contribution in [3.05, 3.63) is 15.6 Å². The molecule has 0 amide bonds. The minimum absolute atomic E-state index is 0.0922. The minimum Gasteiger partial charge on any atom is -0.378 e. The normalized spacial score (nSPS) is 13.9. The Kier molecular flexibility index (Phi) is 5.76. The predicted octanol–water partition coefficient (Wildman–Crippen LogP) is 3.48. The molecular formula is C14H26N2OS. The summed E-state index contributed by atoms with van der Waals surface area (Å²) in [5.41, 5.74) is 1.30. The van der Waals surface area contributed by atoms with E-state index in [-0.39, 0.29) is 5.41 Å². The maximum atomic E-state index is 5.18. The molecule has 1 N–H and O–H groups in total. The van der Waals surface area contributed by atoms with Gasteiger partial charge >= 0.3 is 0 Å². The van der Waals surface area contributed by atoms with E-state index in [0.717, 1.165) is 18.0 Å². The van der Waals surface area contributed by atoms with Crippen molar-refractivity contribution >= 4 is 11.3 Å². The Hall–Kier alpha value is -0.450. The van der Waals surface area contributed by atoms with E-state index in [1.54, 1.807) is 18.4 Å². The van der Waals surface area contributed by atoms with Gasteiger partial charge in [0.1, 0.15) is 5.01 Å². The van der Waals surface area contributed by atoms with Crippen LogP contribution in [0.3, 0.4) is 0 Å². The van der Waals surface area contributed by atoms with Crippen molar-refractivity contribution in [2.75, 3.05) is 7.11 Å². The standard InChI is InChI=1S/C14H26N2OS/c1-7-10(2)15-8-11-13(14(3,4)5)16-12(18-11)9-17-6/h10,15H,7-9H2,1-6H3. The number of nitrogens with zero attached hydrogens (tertiary/aromatic N) is 1. The van der Waals surface area contributed by atoms with E-state index >= 15 is 0 Å². The van der Waals surface area contributed by atoms with Crippen molar-refractivity contribution in [3.8, 4) is 0 Å². The number of nitrogens with one attached hydrogen (secondary N) is 1. The Morgan fingerprint density at radius 1 is 1.39 bits per heavy atom. The highest BCUT2D eigenvalue weighted by Crippen LogP contribution is 2.30. The molecular weight excluding hydrogens is 244 g/mol. The lowest BCUT2D eigenvalue weighted by molar-refractivity contribution is 0.184. The van der Waals surface area contributed by atoms with Crippen LogP contribution in [0, 0.1) is 0 Å². The molecule has 0 aromatic carbocycles. The Bertz CT molecular complexity index is 368. The summed E-state index contributed by atoms with van der Waals surface area (Å²) in [7, 11) is 1.72. The van der Waals surface area contributed by atoms with Crippen LogP contribution in [0.4, 0.5) is 0 Å². The van der Waals surface area contributed by atoms with Gasteiger partial charge in [-0.15, -0.1) is 11.3 Å². The molecule has 3 nitrogen and oxygen atoms in total. The molecule has 1 heterocycles. The maximum absolute atomic E-state index is 5.18. The third kappa shape index (κ3) is 4.34. The fourth-order valence-corrected chi connectivity index (χ4v) is 2.90. The molecule has 4 heteroatoms. The average molecular weight is 270 g/mol. The molecule has 1 aromatic heterocycles. The molecule has 0 saturated carbocycles. The van der Waals surface area contributed by atoms with Crippen molar-refractivity contribution in [3.63, 3.8) is 0 Å². The summed E-state index contributed by atoms with van der Waals surface area (Å²) < 4.78 is 5.18. The maximum Gasteiger partial charge on any atom is 0.119 e. The second kappa shape index (κ2) is 6.64. The molecule has 0 spiro atoms. The quantitative estimate of drug-likeness (QED) is 0.859. The van der Waals surface area contributed by atoms with E-state index in [9.17, 15) is 0 Å². The van der Waals surface area contributed by atoms with Gasteiger partial charge in [-0.05, 0) is 13.3 Å². The highest BCUT2D eigenvalue weighted by molar-refractivity contribution is 7.11. The molecule has 0 bridgehead atoms. The van der Waals surface area contributed by atoms with E-state index in [1.165, 1.54) is 10.6 Å². The number of ether oxygens (including phenoxy) is 1. The minimum atomic E-state index is 0.0922. The predicted molar refractivity (Wildman–Crippen MR) is 78.1 cm³/mol. The first-order chi connectivity index (χ1) is 8.38. The third-order valence-electron chi connectivity index (χ3n) is 2.94. The summed E-state index contributed by atoms with van der Waals surface area (Å²) in [5, 5.41) is 4.62. The van der Waals surface area contributed by atoms with Crippen molar-refractivity contribution in [1.29, 1.82) is 0 Å². The van der Waals surface area contributed by atoms with Gasteiger partial charge in [0, 0.05) is 30.0 Å². The molecule has 0 aliphatic carbocycles. The van der Waals surface area contributed by atoms with E-state index in [1.807, 2.05) is 0 Å². The molecule has 104 valence electrons. The Morgan fingerprint density at radius 2 is 2.06 bits per heavy atom. The second-order valence-electron chi connectivity index (χ2n) is 5.75. The number of rotatable bonds is 6. The SMILES string of the molecule is CCC(C)NCc1sc(COC)nc1C(C)(C)C. The molecule has 0 aliphatic rings. The molecule has 0 aliphatic heterocycles. The fraction of sp³-hybridized carbons (Fsp3) is 0.786. The monoisotopic (exact) mass is 270 g/mol. The third-order valence-corrected chi connectivity index (χ3v) is 3.97. The van der Waals surface area contributed by atoms with Crippen molar-refractivity contribution in [2.24, 2.45) is 0 Å². The molecule has 0 fully saturated rings. The molecule has 0 saturated heterocycles. The molecule has 1 unspecified atom stereocenters. The van der Waals surface area contributed by atoms with Crippen molar-refractivity contribution < 1.29 is 4.74 Å². The van der Waals surface area contributed by atoms with Gasteiger partial charge in [-0.2, -0.15) is 0 Å². The van der Waals surface area contributed by atoms with Gasteiger partial charge in [0.05, 0.1) is 12.3 Å². The first-order valence-corrected chi connectivity index (χ1v) is 7.41. The number of hydrogen-bond acceptors (Lipinski definition) is 4. The van der Waals surface area contributed by atoms with Gasteiger partial charge in [0.25, 0.3) is 0 Å². The summed E-state index contributed by atoms with van der Waals surface area (Å²) in [5.74, 6) is 0. The zero-order valence-corrected chi connectivity index (χ0v) is 13.3. The van der Waals surface area contributed by atoms with Gasteiger partial charge in [-0.3, -0.25) is 0 Å². The topological polar surface area (TPSA) is 34.1 Å². The van der Waals surface area contributed by atoms with E-state index < -0.39 is 0 Å². The van der Waals surface area contributed by atoms with Crippen molar-refractivity contribution in [2.45, 2.75) is 65.6 Å². The molecule has 0 radical (unpaired) electrons.